The number of hydrogen-bond donors (Lipinski definition) is 0. The van der Waals surface area contributed by atoms with Crippen LogP contribution in [0.3, 0.4) is 0 Å². The molecule has 2 heterocycles. The van der Waals surface area contributed by atoms with Crippen LogP contribution in [0.4, 0.5) is 0 Å². The van der Waals surface area contributed by atoms with E-state index in [1.165, 1.54) is 14.2 Å². The van der Waals surface area contributed by atoms with Gasteiger partial charge in [0, 0.05) is 12.8 Å². The molecule has 3 atom stereocenters. The van der Waals surface area contributed by atoms with E-state index in [0.717, 1.165) is 0 Å². The summed E-state index contributed by atoms with van der Waals surface area (Å²) in [5.74, 6) is -3.76. The van der Waals surface area contributed by atoms with E-state index < -0.39 is 35.3 Å². The van der Waals surface area contributed by atoms with Gasteiger partial charge in [0.1, 0.15) is 0 Å². The van der Waals surface area contributed by atoms with Crippen LogP contribution in [0.1, 0.15) is 19.3 Å². The van der Waals surface area contributed by atoms with Gasteiger partial charge >= 0.3 is 17.9 Å². The molecule has 2 saturated heterocycles. The van der Waals surface area contributed by atoms with Gasteiger partial charge in [0.05, 0.1) is 32.5 Å². The summed E-state index contributed by atoms with van der Waals surface area (Å²) >= 11 is 0. The Labute approximate surface area is 109 Å². The second-order valence-corrected chi connectivity index (χ2v) is 4.74. The van der Waals surface area contributed by atoms with Crippen molar-refractivity contribution >= 4 is 23.7 Å². The molecule has 2 bridgehead atoms. The van der Waals surface area contributed by atoms with Gasteiger partial charge in [0.25, 0.3) is 0 Å². The molecular formula is C12H14O7. The van der Waals surface area contributed by atoms with Gasteiger partial charge in [-0.15, -0.1) is 0 Å². The highest BCUT2D eigenvalue weighted by Crippen LogP contribution is 2.45. The van der Waals surface area contributed by atoms with E-state index >= 15 is 0 Å². The SMILES string of the molecule is COC(=O)C[C@]12C[C@H](C(=O)OC)[C@H](CC1=O)C(=O)O2. The highest BCUT2D eigenvalue weighted by atomic mass is 16.6. The quantitative estimate of drug-likeness (QED) is 0.509. The molecule has 0 radical (unpaired) electrons. The molecule has 0 aromatic heterocycles. The Morgan fingerprint density at radius 1 is 1.32 bits per heavy atom. The first-order valence-electron chi connectivity index (χ1n) is 5.84. The molecule has 104 valence electrons. The number of carbonyl (C=O) groups excluding carboxylic acids is 4. The molecule has 0 aromatic rings. The van der Waals surface area contributed by atoms with E-state index in [4.69, 9.17) is 4.74 Å². The van der Waals surface area contributed by atoms with Crippen molar-refractivity contribution in [3.63, 3.8) is 0 Å². The van der Waals surface area contributed by atoms with Crippen molar-refractivity contribution in [1.82, 2.24) is 0 Å². The van der Waals surface area contributed by atoms with Gasteiger partial charge in [-0.2, -0.15) is 0 Å². The van der Waals surface area contributed by atoms with Crippen LogP contribution in [0, 0.1) is 11.8 Å². The van der Waals surface area contributed by atoms with E-state index in [9.17, 15) is 19.2 Å². The molecule has 0 amide bonds. The zero-order chi connectivity index (χ0) is 14.2. The first kappa shape index (κ1) is 13.5. The summed E-state index contributed by atoms with van der Waals surface area (Å²) in [6.07, 6.45) is -0.492. The van der Waals surface area contributed by atoms with Gasteiger partial charge in [-0.05, 0) is 0 Å². The van der Waals surface area contributed by atoms with Gasteiger partial charge < -0.3 is 14.2 Å². The molecule has 3 fully saturated rings. The van der Waals surface area contributed by atoms with Crippen molar-refractivity contribution in [2.75, 3.05) is 14.2 Å². The lowest BCUT2D eigenvalue weighted by Gasteiger charge is -2.46. The first-order chi connectivity index (χ1) is 8.93. The fraction of sp³-hybridized carbons (Fsp3) is 0.667. The largest absolute Gasteiger partial charge is 0.469 e. The summed E-state index contributed by atoms with van der Waals surface area (Å²) in [7, 11) is 2.39. The molecule has 7 nitrogen and oxygen atoms in total. The second-order valence-electron chi connectivity index (χ2n) is 4.74. The summed E-state index contributed by atoms with van der Waals surface area (Å²) < 4.78 is 14.2. The number of hydrogen-bond acceptors (Lipinski definition) is 7. The molecule has 0 aromatic carbocycles. The zero-order valence-corrected chi connectivity index (χ0v) is 10.6. The third-order valence-corrected chi connectivity index (χ3v) is 3.71. The van der Waals surface area contributed by atoms with E-state index in [-0.39, 0.29) is 25.0 Å². The van der Waals surface area contributed by atoms with E-state index in [0.29, 0.717) is 0 Å². The highest BCUT2D eigenvalue weighted by Gasteiger charge is 2.61. The standard InChI is InChI=1S/C12H14O7/c1-17-9(14)5-12-4-7(10(15)18-2)6(3-8(12)13)11(16)19-12/h6-7H,3-5H2,1-2H3/t6-,7-,12+/m0/s1. The zero-order valence-electron chi connectivity index (χ0n) is 10.6. The van der Waals surface area contributed by atoms with Crippen molar-refractivity contribution in [3.8, 4) is 0 Å². The molecule has 0 spiro atoms. The predicted octanol–water partition coefficient (Wildman–Crippen LogP) is -0.387. The normalized spacial score (nSPS) is 32.7. The molecule has 19 heavy (non-hydrogen) atoms. The van der Waals surface area contributed by atoms with Crippen LogP contribution in [0.5, 0.6) is 0 Å². The van der Waals surface area contributed by atoms with Gasteiger partial charge in [-0.25, -0.2) is 0 Å². The Morgan fingerprint density at radius 2 is 2.00 bits per heavy atom. The average molecular weight is 270 g/mol. The Kier molecular flexibility index (Phi) is 3.30. The molecule has 1 saturated carbocycles. The van der Waals surface area contributed by atoms with Crippen LogP contribution in [0.15, 0.2) is 0 Å². The third-order valence-electron chi connectivity index (χ3n) is 3.71. The lowest BCUT2D eigenvalue weighted by Crippen LogP contribution is -2.60. The minimum Gasteiger partial charge on any atom is -0.469 e. The Morgan fingerprint density at radius 3 is 2.58 bits per heavy atom. The van der Waals surface area contributed by atoms with Gasteiger partial charge in [-0.3, -0.25) is 19.2 Å². The number of methoxy groups -OCH3 is 2. The van der Waals surface area contributed by atoms with Gasteiger partial charge in [-0.1, -0.05) is 0 Å². The molecule has 3 rings (SSSR count). The summed E-state index contributed by atoms with van der Waals surface area (Å²) in [6.45, 7) is 0. The Balaban J connectivity index is 2.30. The van der Waals surface area contributed by atoms with Crippen LogP contribution in [0.2, 0.25) is 0 Å². The summed E-state index contributed by atoms with van der Waals surface area (Å²) in [5, 5.41) is 0. The third kappa shape index (κ3) is 2.09. The summed E-state index contributed by atoms with van der Waals surface area (Å²) in [4.78, 5) is 46.8. The minimum atomic E-state index is -1.57. The second kappa shape index (κ2) is 4.64. The van der Waals surface area contributed by atoms with Crippen molar-refractivity contribution < 1.29 is 33.4 Å². The average Bonchev–Trinajstić information content (AvgIpc) is 2.39. The van der Waals surface area contributed by atoms with Crippen molar-refractivity contribution in [2.24, 2.45) is 11.8 Å². The number of ketones is 1. The number of fused-ring (bicyclic) bond motifs is 3. The van der Waals surface area contributed by atoms with Crippen LogP contribution in [-0.2, 0) is 33.4 Å². The van der Waals surface area contributed by atoms with Crippen molar-refractivity contribution in [3.05, 3.63) is 0 Å². The number of rotatable bonds is 3. The lowest BCUT2D eigenvalue weighted by atomic mass is 9.66. The van der Waals surface area contributed by atoms with E-state index in [2.05, 4.69) is 9.47 Å². The lowest BCUT2D eigenvalue weighted by molar-refractivity contribution is -0.204. The number of ether oxygens (including phenoxy) is 3. The maximum absolute atomic E-state index is 12.0. The van der Waals surface area contributed by atoms with Gasteiger partial charge in [0.2, 0.25) is 0 Å². The minimum absolute atomic E-state index is 0.0238. The number of Topliss-reactive ketones (excluding diaryl/α,β-unsaturated/α-hetero) is 1. The summed E-state index contributed by atoms with van der Waals surface area (Å²) in [6, 6.07) is 0. The fourth-order valence-electron chi connectivity index (χ4n) is 2.66. The fourth-order valence-corrected chi connectivity index (χ4v) is 2.66. The molecule has 1 aliphatic carbocycles. The number of esters is 3. The molecule has 0 unspecified atom stereocenters. The maximum atomic E-state index is 12.0. The first-order valence-corrected chi connectivity index (χ1v) is 5.84. The maximum Gasteiger partial charge on any atom is 0.311 e. The smallest absolute Gasteiger partial charge is 0.311 e. The Hall–Kier alpha value is -1.92. The van der Waals surface area contributed by atoms with Crippen LogP contribution in [0.25, 0.3) is 0 Å². The summed E-state index contributed by atoms with van der Waals surface area (Å²) in [5.41, 5.74) is -1.57. The molecular weight excluding hydrogens is 256 g/mol. The van der Waals surface area contributed by atoms with E-state index in [1.807, 2.05) is 0 Å². The van der Waals surface area contributed by atoms with E-state index in [1.54, 1.807) is 0 Å². The molecule has 2 aliphatic heterocycles. The van der Waals surface area contributed by atoms with Crippen molar-refractivity contribution in [2.45, 2.75) is 24.9 Å². The Bertz CT molecular complexity index is 455. The molecule has 7 heteroatoms. The van der Waals surface area contributed by atoms with Crippen molar-refractivity contribution in [1.29, 1.82) is 0 Å². The van der Waals surface area contributed by atoms with Crippen LogP contribution >= 0.6 is 0 Å². The molecule has 3 aliphatic rings. The highest BCUT2D eigenvalue weighted by molar-refractivity contribution is 6.02. The topological polar surface area (TPSA) is 96.0 Å². The number of carbonyl (C=O) groups is 4. The van der Waals surface area contributed by atoms with Gasteiger partial charge in [0.15, 0.2) is 11.4 Å². The predicted molar refractivity (Wildman–Crippen MR) is 58.7 cm³/mol. The van der Waals surface area contributed by atoms with Crippen LogP contribution in [-0.4, -0.2) is 43.5 Å². The van der Waals surface area contributed by atoms with Crippen LogP contribution < -0.4 is 0 Å². The molecule has 0 N–H and O–H groups in total. The monoisotopic (exact) mass is 270 g/mol.